The molecule has 0 aromatic rings. The average molecular weight is 223 g/mol. The SMILES string of the molecule is C1CNCC(CC2CCOC3(CCC3)C2)C1. The van der Waals surface area contributed by atoms with Gasteiger partial charge >= 0.3 is 0 Å². The Morgan fingerprint density at radius 2 is 2.06 bits per heavy atom. The first-order valence-electron chi connectivity index (χ1n) is 7.21. The first-order valence-corrected chi connectivity index (χ1v) is 7.21. The first-order chi connectivity index (χ1) is 7.86. The van der Waals surface area contributed by atoms with E-state index in [1.165, 1.54) is 64.5 Å². The van der Waals surface area contributed by atoms with E-state index in [1.807, 2.05) is 0 Å². The van der Waals surface area contributed by atoms with Gasteiger partial charge in [0.15, 0.2) is 0 Å². The molecule has 2 heterocycles. The Hall–Kier alpha value is -0.0800. The highest BCUT2D eigenvalue weighted by Crippen LogP contribution is 2.45. The van der Waals surface area contributed by atoms with Crippen molar-refractivity contribution < 1.29 is 4.74 Å². The maximum Gasteiger partial charge on any atom is 0.0685 e. The number of hydrogen-bond donors (Lipinski definition) is 1. The van der Waals surface area contributed by atoms with E-state index in [9.17, 15) is 0 Å². The van der Waals surface area contributed by atoms with Crippen LogP contribution in [-0.2, 0) is 4.74 Å². The Kier molecular flexibility index (Phi) is 3.21. The molecule has 0 aromatic carbocycles. The van der Waals surface area contributed by atoms with E-state index in [2.05, 4.69) is 5.32 Å². The van der Waals surface area contributed by atoms with Gasteiger partial charge in [-0.2, -0.15) is 0 Å². The fourth-order valence-electron chi connectivity index (χ4n) is 3.85. The number of rotatable bonds is 2. The minimum Gasteiger partial charge on any atom is -0.375 e. The third-order valence-corrected chi connectivity index (χ3v) is 4.93. The Balaban J connectivity index is 1.50. The normalized spacial score (nSPS) is 38.2. The Bertz CT molecular complexity index is 231. The summed E-state index contributed by atoms with van der Waals surface area (Å²) in [7, 11) is 0. The predicted molar refractivity (Wildman–Crippen MR) is 65.5 cm³/mol. The number of nitrogens with one attached hydrogen (secondary N) is 1. The molecule has 1 spiro atoms. The van der Waals surface area contributed by atoms with E-state index < -0.39 is 0 Å². The van der Waals surface area contributed by atoms with Gasteiger partial charge in [0.2, 0.25) is 0 Å². The molecule has 2 nitrogen and oxygen atoms in total. The van der Waals surface area contributed by atoms with Crippen LogP contribution in [0.5, 0.6) is 0 Å². The molecule has 2 saturated heterocycles. The second-order valence-electron chi connectivity index (χ2n) is 6.19. The van der Waals surface area contributed by atoms with Crippen LogP contribution in [0.4, 0.5) is 0 Å². The van der Waals surface area contributed by atoms with Crippen molar-refractivity contribution >= 4 is 0 Å². The molecule has 0 bridgehead atoms. The molecule has 1 saturated carbocycles. The van der Waals surface area contributed by atoms with Crippen molar-refractivity contribution in [2.75, 3.05) is 19.7 Å². The van der Waals surface area contributed by atoms with Crippen molar-refractivity contribution in [3.8, 4) is 0 Å². The number of piperidine rings is 1. The molecule has 3 rings (SSSR count). The van der Waals surface area contributed by atoms with Gasteiger partial charge in [0.25, 0.3) is 0 Å². The van der Waals surface area contributed by atoms with E-state index in [1.54, 1.807) is 0 Å². The zero-order valence-corrected chi connectivity index (χ0v) is 10.3. The zero-order chi connectivity index (χ0) is 10.8. The molecule has 2 heteroatoms. The van der Waals surface area contributed by atoms with E-state index in [4.69, 9.17) is 4.74 Å². The largest absolute Gasteiger partial charge is 0.375 e. The van der Waals surface area contributed by atoms with Gasteiger partial charge in [-0.15, -0.1) is 0 Å². The second-order valence-corrected chi connectivity index (χ2v) is 6.19. The molecule has 2 unspecified atom stereocenters. The summed E-state index contributed by atoms with van der Waals surface area (Å²) in [5, 5.41) is 3.54. The van der Waals surface area contributed by atoms with Gasteiger partial charge in [-0.1, -0.05) is 0 Å². The van der Waals surface area contributed by atoms with Crippen molar-refractivity contribution in [3.05, 3.63) is 0 Å². The maximum atomic E-state index is 6.01. The van der Waals surface area contributed by atoms with Crippen LogP contribution in [-0.4, -0.2) is 25.3 Å². The Labute approximate surface area is 99.1 Å². The molecule has 16 heavy (non-hydrogen) atoms. The standard InChI is InChI=1S/C14H25NO/c1-3-13(11-15-7-1)9-12-4-8-16-14(10-12)5-2-6-14/h12-13,15H,1-11H2. The summed E-state index contributed by atoms with van der Waals surface area (Å²) >= 11 is 0. The summed E-state index contributed by atoms with van der Waals surface area (Å²) in [6.07, 6.45) is 11.1. The minimum atomic E-state index is 0.352. The maximum absolute atomic E-state index is 6.01. The highest BCUT2D eigenvalue weighted by Gasteiger charge is 2.42. The molecule has 2 aliphatic heterocycles. The molecule has 3 aliphatic rings. The van der Waals surface area contributed by atoms with Crippen molar-refractivity contribution in [2.24, 2.45) is 11.8 Å². The summed E-state index contributed by atoms with van der Waals surface area (Å²) < 4.78 is 6.01. The van der Waals surface area contributed by atoms with Crippen molar-refractivity contribution in [1.29, 1.82) is 0 Å². The molecule has 0 radical (unpaired) electrons. The van der Waals surface area contributed by atoms with Gasteiger partial charge in [-0.25, -0.2) is 0 Å². The quantitative estimate of drug-likeness (QED) is 0.777. The lowest BCUT2D eigenvalue weighted by Gasteiger charge is -2.48. The highest BCUT2D eigenvalue weighted by molar-refractivity contribution is 4.94. The molecule has 1 aliphatic carbocycles. The highest BCUT2D eigenvalue weighted by atomic mass is 16.5. The number of ether oxygens (including phenoxy) is 1. The Morgan fingerprint density at radius 3 is 2.75 bits per heavy atom. The van der Waals surface area contributed by atoms with Crippen molar-refractivity contribution in [1.82, 2.24) is 5.32 Å². The van der Waals surface area contributed by atoms with Crippen LogP contribution in [0, 0.1) is 11.8 Å². The molecular weight excluding hydrogens is 198 g/mol. The van der Waals surface area contributed by atoms with Gasteiger partial charge < -0.3 is 10.1 Å². The molecule has 1 N–H and O–H groups in total. The van der Waals surface area contributed by atoms with Gasteiger partial charge in [0.1, 0.15) is 0 Å². The van der Waals surface area contributed by atoms with Crippen LogP contribution < -0.4 is 5.32 Å². The third kappa shape index (κ3) is 2.28. The van der Waals surface area contributed by atoms with E-state index in [-0.39, 0.29) is 0 Å². The van der Waals surface area contributed by atoms with Gasteiger partial charge in [-0.3, -0.25) is 0 Å². The summed E-state index contributed by atoms with van der Waals surface area (Å²) in [5.74, 6) is 1.91. The smallest absolute Gasteiger partial charge is 0.0685 e. The molecular formula is C14H25NO. The Morgan fingerprint density at radius 1 is 1.12 bits per heavy atom. The van der Waals surface area contributed by atoms with E-state index >= 15 is 0 Å². The van der Waals surface area contributed by atoms with E-state index in [0.29, 0.717) is 5.60 Å². The zero-order valence-electron chi connectivity index (χ0n) is 10.3. The fraction of sp³-hybridized carbons (Fsp3) is 1.00. The van der Waals surface area contributed by atoms with Crippen LogP contribution in [0.2, 0.25) is 0 Å². The molecule has 0 aromatic heterocycles. The number of hydrogen-bond acceptors (Lipinski definition) is 2. The van der Waals surface area contributed by atoms with Gasteiger partial charge in [-0.05, 0) is 76.3 Å². The third-order valence-electron chi connectivity index (χ3n) is 4.93. The van der Waals surface area contributed by atoms with Crippen LogP contribution in [0.15, 0.2) is 0 Å². The van der Waals surface area contributed by atoms with Crippen LogP contribution in [0.25, 0.3) is 0 Å². The topological polar surface area (TPSA) is 21.3 Å². The summed E-state index contributed by atoms with van der Waals surface area (Å²) in [4.78, 5) is 0. The lowest BCUT2D eigenvalue weighted by molar-refractivity contribution is -0.145. The summed E-state index contributed by atoms with van der Waals surface area (Å²) in [5.41, 5.74) is 0.352. The minimum absolute atomic E-state index is 0.352. The lowest BCUT2D eigenvalue weighted by Crippen LogP contribution is -2.46. The van der Waals surface area contributed by atoms with Crippen LogP contribution in [0.1, 0.15) is 51.4 Å². The average Bonchev–Trinajstić information content (AvgIpc) is 2.29. The van der Waals surface area contributed by atoms with Gasteiger partial charge in [0.05, 0.1) is 5.60 Å². The van der Waals surface area contributed by atoms with Crippen LogP contribution >= 0.6 is 0 Å². The summed E-state index contributed by atoms with van der Waals surface area (Å²) in [6, 6.07) is 0. The first kappa shape index (κ1) is 11.0. The molecule has 0 amide bonds. The second kappa shape index (κ2) is 4.66. The van der Waals surface area contributed by atoms with Crippen molar-refractivity contribution in [2.45, 2.75) is 57.0 Å². The predicted octanol–water partition coefficient (Wildman–Crippen LogP) is 2.73. The lowest BCUT2D eigenvalue weighted by atomic mass is 9.70. The molecule has 3 fully saturated rings. The monoisotopic (exact) mass is 223 g/mol. The van der Waals surface area contributed by atoms with E-state index in [0.717, 1.165) is 18.4 Å². The van der Waals surface area contributed by atoms with Crippen LogP contribution in [0.3, 0.4) is 0 Å². The molecule has 92 valence electrons. The summed E-state index contributed by atoms with van der Waals surface area (Å²) in [6.45, 7) is 3.55. The fourth-order valence-corrected chi connectivity index (χ4v) is 3.85. The molecule has 2 atom stereocenters. The van der Waals surface area contributed by atoms with Crippen molar-refractivity contribution in [3.63, 3.8) is 0 Å². The van der Waals surface area contributed by atoms with Gasteiger partial charge in [0, 0.05) is 6.61 Å².